The summed E-state index contributed by atoms with van der Waals surface area (Å²) in [5, 5.41) is 3.45. The molecular weight excluding hydrogens is 200 g/mol. The van der Waals surface area contributed by atoms with E-state index in [9.17, 15) is 0 Å². The van der Waals surface area contributed by atoms with Gasteiger partial charge in [-0.2, -0.15) is 0 Å². The molecule has 16 heavy (non-hydrogen) atoms. The van der Waals surface area contributed by atoms with Gasteiger partial charge in [-0.15, -0.1) is 0 Å². The van der Waals surface area contributed by atoms with Crippen LogP contribution in [-0.2, 0) is 4.74 Å². The Balaban J connectivity index is 2.60. The zero-order chi connectivity index (χ0) is 12.0. The molecule has 0 saturated heterocycles. The van der Waals surface area contributed by atoms with Crippen LogP contribution in [0.4, 0.5) is 11.4 Å². The standard InChI is InChI=1S/C13H22N2O/c1-4-16-9-13(10(2)3)15-12-7-5-6-11(14)8-12/h5-8,10,13,15H,4,9,14H2,1-3H3. The van der Waals surface area contributed by atoms with Gasteiger partial charge in [0, 0.05) is 18.0 Å². The number of nitrogen functional groups attached to an aromatic ring is 1. The zero-order valence-electron chi connectivity index (χ0n) is 10.4. The van der Waals surface area contributed by atoms with Crippen molar-refractivity contribution in [1.29, 1.82) is 0 Å². The van der Waals surface area contributed by atoms with Crippen molar-refractivity contribution in [1.82, 2.24) is 0 Å². The molecule has 0 saturated carbocycles. The van der Waals surface area contributed by atoms with E-state index in [-0.39, 0.29) is 0 Å². The second-order valence-electron chi connectivity index (χ2n) is 4.28. The highest BCUT2D eigenvalue weighted by Crippen LogP contribution is 2.16. The maximum absolute atomic E-state index is 5.74. The first-order chi connectivity index (χ1) is 7.63. The van der Waals surface area contributed by atoms with Crippen LogP contribution in [-0.4, -0.2) is 19.3 Å². The number of hydrogen-bond donors (Lipinski definition) is 2. The van der Waals surface area contributed by atoms with Crippen molar-refractivity contribution in [3.63, 3.8) is 0 Å². The molecule has 0 fully saturated rings. The molecule has 0 amide bonds. The molecule has 0 spiro atoms. The van der Waals surface area contributed by atoms with E-state index in [1.165, 1.54) is 0 Å². The van der Waals surface area contributed by atoms with E-state index in [0.29, 0.717) is 12.0 Å². The van der Waals surface area contributed by atoms with Crippen LogP contribution in [0.2, 0.25) is 0 Å². The Morgan fingerprint density at radius 1 is 1.38 bits per heavy atom. The van der Waals surface area contributed by atoms with E-state index >= 15 is 0 Å². The molecule has 1 atom stereocenters. The number of nitrogens with two attached hydrogens (primary N) is 1. The van der Waals surface area contributed by atoms with Crippen LogP contribution < -0.4 is 11.1 Å². The lowest BCUT2D eigenvalue weighted by Gasteiger charge is -2.23. The van der Waals surface area contributed by atoms with Crippen LogP contribution in [0.15, 0.2) is 24.3 Å². The second-order valence-corrected chi connectivity index (χ2v) is 4.28. The molecule has 0 radical (unpaired) electrons. The minimum atomic E-state index is 0.321. The SMILES string of the molecule is CCOCC(Nc1cccc(N)c1)C(C)C. The van der Waals surface area contributed by atoms with E-state index < -0.39 is 0 Å². The normalized spacial score (nSPS) is 12.8. The quantitative estimate of drug-likeness (QED) is 0.728. The average molecular weight is 222 g/mol. The smallest absolute Gasteiger partial charge is 0.0670 e. The Bertz CT molecular complexity index is 313. The summed E-state index contributed by atoms with van der Waals surface area (Å²) in [7, 11) is 0. The molecule has 0 aliphatic rings. The number of anilines is 2. The molecule has 0 heterocycles. The van der Waals surface area contributed by atoms with E-state index in [2.05, 4.69) is 19.2 Å². The highest BCUT2D eigenvalue weighted by molar-refractivity contribution is 5.54. The fourth-order valence-corrected chi connectivity index (χ4v) is 1.49. The van der Waals surface area contributed by atoms with Gasteiger partial charge in [-0.25, -0.2) is 0 Å². The van der Waals surface area contributed by atoms with E-state index in [0.717, 1.165) is 24.6 Å². The first-order valence-electron chi connectivity index (χ1n) is 5.83. The topological polar surface area (TPSA) is 47.3 Å². The Hall–Kier alpha value is -1.22. The summed E-state index contributed by atoms with van der Waals surface area (Å²) in [4.78, 5) is 0. The van der Waals surface area contributed by atoms with Crippen LogP contribution in [0.3, 0.4) is 0 Å². The predicted molar refractivity (Wildman–Crippen MR) is 69.6 cm³/mol. The van der Waals surface area contributed by atoms with Gasteiger partial charge < -0.3 is 15.8 Å². The molecule has 90 valence electrons. The van der Waals surface area contributed by atoms with Gasteiger partial charge >= 0.3 is 0 Å². The zero-order valence-corrected chi connectivity index (χ0v) is 10.4. The minimum Gasteiger partial charge on any atom is -0.399 e. The fraction of sp³-hybridized carbons (Fsp3) is 0.538. The van der Waals surface area contributed by atoms with E-state index in [1.807, 2.05) is 31.2 Å². The molecule has 1 unspecified atom stereocenters. The number of hydrogen-bond acceptors (Lipinski definition) is 3. The average Bonchev–Trinajstić information content (AvgIpc) is 2.24. The van der Waals surface area contributed by atoms with Crippen molar-refractivity contribution in [3.8, 4) is 0 Å². The van der Waals surface area contributed by atoms with Gasteiger partial charge in [0.05, 0.1) is 12.6 Å². The lowest BCUT2D eigenvalue weighted by atomic mass is 10.0. The van der Waals surface area contributed by atoms with Gasteiger partial charge in [-0.3, -0.25) is 0 Å². The molecule has 3 nitrogen and oxygen atoms in total. The van der Waals surface area contributed by atoms with Crippen molar-refractivity contribution in [2.24, 2.45) is 5.92 Å². The molecular formula is C13H22N2O. The largest absolute Gasteiger partial charge is 0.399 e. The summed E-state index contributed by atoms with van der Waals surface area (Å²) in [6, 6.07) is 8.13. The molecule has 0 aliphatic carbocycles. The van der Waals surface area contributed by atoms with Crippen LogP contribution in [0, 0.1) is 5.92 Å². The lowest BCUT2D eigenvalue weighted by molar-refractivity contribution is 0.127. The van der Waals surface area contributed by atoms with Crippen molar-refractivity contribution in [3.05, 3.63) is 24.3 Å². The Morgan fingerprint density at radius 2 is 2.12 bits per heavy atom. The number of rotatable bonds is 6. The third kappa shape index (κ3) is 4.11. The highest BCUT2D eigenvalue weighted by atomic mass is 16.5. The van der Waals surface area contributed by atoms with Crippen molar-refractivity contribution in [2.45, 2.75) is 26.8 Å². The van der Waals surface area contributed by atoms with Crippen LogP contribution in [0.1, 0.15) is 20.8 Å². The van der Waals surface area contributed by atoms with Gasteiger partial charge in [0.25, 0.3) is 0 Å². The van der Waals surface area contributed by atoms with Gasteiger partial charge in [0.1, 0.15) is 0 Å². The van der Waals surface area contributed by atoms with Crippen molar-refractivity contribution in [2.75, 3.05) is 24.3 Å². The third-order valence-electron chi connectivity index (χ3n) is 2.54. The highest BCUT2D eigenvalue weighted by Gasteiger charge is 2.12. The Morgan fingerprint density at radius 3 is 2.69 bits per heavy atom. The fourth-order valence-electron chi connectivity index (χ4n) is 1.49. The number of nitrogens with one attached hydrogen (secondary N) is 1. The number of ether oxygens (including phenoxy) is 1. The van der Waals surface area contributed by atoms with Crippen LogP contribution in [0.5, 0.6) is 0 Å². The first-order valence-corrected chi connectivity index (χ1v) is 5.83. The maximum atomic E-state index is 5.74. The molecule has 1 aromatic carbocycles. The van der Waals surface area contributed by atoms with Gasteiger partial charge in [-0.1, -0.05) is 19.9 Å². The monoisotopic (exact) mass is 222 g/mol. The summed E-state index contributed by atoms with van der Waals surface area (Å²) < 4.78 is 5.47. The summed E-state index contributed by atoms with van der Waals surface area (Å²) >= 11 is 0. The predicted octanol–water partition coefficient (Wildman–Crippen LogP) is 2.74. The second kappa shape index (κ2) is 6.38. The molecule has 0 aliphatic heterocycles. The van der Waals surface area contributed by atoms with Gasteiger partial charge in [-0.05, 0) is 31.0 Å². The molecule has 3 heteroatoms. The van der Waals surface area contributed by atoms with Crippen molar-refractivity contribution < 1.29 is 4.74 Å². The summed E-state index contributed by atoms with van der Waals surface area (Å²) in [5.41, 5.74) is 7.57. The minimum absolute atomic E-state index is 0.321. The molecule has 1 rings (SSSR count). The van der Waals surface area contributed by atoms with Crippen LogP contribution in [0.25, 0.3) is 0 Å². The van der Waals surface area contributed by atoms with E-state index in [1.54, 1.807) is 0 Å². The Labute approximate surface area is 98.0 Å². The molecule has 0 aromatic heterocycles. The first kappa shape index (κ1) is 12.8. The molecule has 1 aromatic rings. The maximum Gasteiger partial charge on any atom is 0.0670 e. The molecule has 3 N–H and O–H groups in total. The van der Waals surface area contributed by atoms with Crippen LogP contribution >= 0.6 is 0 Å². The van der Waals surface area contributed by atoms with Gasteiger partial charge in [0.2, 0.25) is 0 Å². The molecule has 0 bridgehead atoms. The summed E-state index contributed by atoms with van der Waals surface area (Å²) in [6.07, 6.45) is 0. The summed E-state index contributed by atoms with van der Waals surface area (Å²) in [5.74, 6) is 0.521. The third-order valence-corrected chi connectivity index (χ3v) is 2.54. The lowest BCUT2D eigenvalue weighted by Crippen LogP contribution is -2.30. The number of benzene rings is 1. The Kier molecular flexibility index (Phi) is 5.12. The van der Waals surface area contributed by atoms with Crippen molar-refractivity contribution >= 4 is 11.4 Å². The van der Waals surface area contributed by atoms with Gasteiger partial charge in [0.15, 0.2) is 0 Å². The van der Waals surface area contributed by atoms with E-state index in [4.69, 9.17) is 10.5 Å². The summed E-state index contributed by atoms with van der Waals surface area (Å²) in [6.45, 7) is 7.86.